The summed E-state index contributed by atoms with van der Waals surface area (Å²) < 4.78 is 0. The van der Waals surface area contributed by atoms with Gasteiger partial charge in [-0.15, -0.1) is 0 Å². The number of pyridine rings is 1. The molecule has 1 unspecified atom stereocenters. The maximum atomic E-state index is 10.2. The number of benzene rings is 1. The molecule has 2 nitrogen and oxygen atoms in total. The van der Waals surface area contributed by atoms with E-state index in [4.69, 9.17) is 46.4 Å². The van der Waals surface area contributed by atoms with Crippen molar-refractivity contribution in [3.05, 3.63) is 61.8 Å². The molecule has 0 aliphatic rings. The lowest BCUT2D eigenvalue weighted by molar-refractivity contribution is 0.215. The standard InChI is InChI=1S/C12H7Cl4NO/c13-6-1-2-9(15)8(3-6)12(18)11-10(16)4-7(14)5-17-11/h1-5,12,18H. The summed E-state index contributed by atoms with van der Waals surface area (Å²) in [6, 6.07) is 6.32. The van der Waals surface area contributed by atoms with Gasteiger partial charge < -0.3 is 5.11 Å². The lowest BCUT2D eigenvalue weighted by atomic mass is 10.1. The van der Waals surface area contributed by atoms with Gasteiger partial charge in [0.25, 0.3) is 0 Å². The van der Waals surface area contributed by atoms with Crippen LogP contribution in [0.25, 0.3) is 0 Å². The smallest absolute Gasteiger partial charge is 0.124 e. The van der Waals surface area contributed by atoms with E-state index in [0.29, 0.717) is 20.6 Å². The fourth-order valence-corrected chi connectivity index (χ4v) is 2.38. The minimum atomic E-state index is -1.05. The molecule has 0 spiro atoms. The summed E-state index contributed by atoms with van der Waals surface area (Å²) >= 11 is 23.6. The molecule has 1 heterocycles. The number of rotatable bonds is 2. The fraction of sp³-hybridized carbons (Fsp3) is 0.0833. The summed E-state index contributed by atoms with van der Waals surface area (Å²) in [7, 11) is 0. The number of aliphatic hydroxyl groups is 1. The molecule has 94 valence electrons. The number of nitrogens with zero attached hydrogens (tertiary/aromatic N) is 1. The summed E-state index contributed by atoms with van der Waals surface area (Å²) in [5.74, 6) is 0. The van der Waals surface area contributed by atoms with E-state index in [0.717, 1.165) is 0 Å². The minimum absolute atomic E-state index is 0.269. The molecule has 0 bridgehead atoms. The average Bonchev–Trinajstić information content (AvgIpc) is 2.31. The number of aliphatic hydroxyl groups excluding tert-OH is 1. The second kappa shape index (κ2) is 5.64. The third-order valence-electron chi connectivity index (χ3n) is 2.35. The van der Waals surface area contributed by atoms with Crippen LogP contribution in [0.15, 0.2) is 30.5 Å². The minimum Gasteiger partial charge on any atom is -0.382 e. The summed E-state index contributed by atoms with van der Waals surface area (Å²) in [4.78, 5) is 4.01. The van der Waals surface area contributed by atoms with E-state index < -0.39 is 6.10 Å². The summed E-state index contributed by atoms with van der Waals surface area (Å²) in [5, 5.41) is 11.8. The Kier molecular flexibility index (Phi) is 4.36. The van der Waals surface area contributed by atoms with Gasteiger partial charge in [-0.3, -0.25) is 4.98 Å². The van der Waals surface area contributed by atoms with Crippen LogP contribution >= 0.6 is 46.4 Å². The van der Waals surface area contributed by atoms with Gasteiger partial charge in [0.05, 0.1) is 15.7 Å². The van der Waals surface area contributed by atoms with Gasteiger partial charge in [-0.25, -0.2) is 0 Å². The van der Waals surface area contributed by atoms with Crippen LogP contribution in [0.3, 0.4) is 0 Å². The van der Waals surface area contributed by atoms with E-state index in [1.807, 2.05) is 0 Å². The van der Waals surface area contributed by atoms with Crippen molar-refractivity contribution >= 4 is 46.4 Å². The van der Waals surface area contributed by atoms with Crippen LogP contribution in [0.4, 0.5) is 0 Å². The molecule has 0 saturated heterocycles. The Balaban J connectivity index is 2.47. The maximum absolute atomic E-state index is 10.2. The first-order valence-electron chi connectivity index (χ1n) is 4.93. The summed E-state index contributed by atoms with van der Waals surface area (Å²) in [6.45, 7) is 0. The van der Waals surface area contributed by atoms with Gasteiger partial charge in [-0.05, 0) is 24.3 Å². The second-order valence-electron chi connectivity index (χ2n) is 3.59. The Hall–Kier alpha value is -0.510. The highest BCUT2D eigenvalue weighted by molar-refractivity contribution is 6.35. The van der Waals surface area contributed by atoms with Crippen LogP contribution in [-0.2, 0) is 0 Å². The van der Waals surface area contributed by atoms with Crippen molar-refractivity contribution in [1.82, 2.24) is 4.98 Å². The molecule has 0 radical (unpaired) electrons. The average molecular weight is 323 g/mol. The highest BCUT2D eigenvalue weighted by atomic mass is 35.5. The van der Waals surface area contributed by atoms with Crippen LogP contribution in [0.2, 0.25) is 20.1 Å². The van der Waals surface area contributed by atoms with Crippen LogP contribution in [0.5, 0.6) is 0 Å². The molecule has 1 N–H and O–H groups in total. The normalized spacial score (nSPS) is 12.5. The third kappa shape index (κ3) is 2.90. The molecule has 0 fully saturated rings. The van der Waals surface area contributed by atoms with Gasteiger partial charge in [0, 0.05) is 21.8 Å². The van der Waals surface area contributed by atoms with E-state index in [9.17, 15) is 5.11 Å². The first kappa shape index (κ1) is 13.9. The topological polar surface area (TPSA) is 33.1 Å². The molecule has 0 saturated carbocycles. The molecule has 18 heavy (non-hydrogen) atoms. The number of hydrogen-bond donors (Lipinski definition) is 1. The lowest BCUT2D eigenvalue weighted by Crippen LogP contribution is -2.04. The molecule has 0 aliphatic carbocycles. The molecule has 2 aromatic rings. The quantitative estimate of drug-likeness (QED) is 0.863. The highest BCUT2D eigenvalue weighted by Gasteiger charge is 2.19. The zero-order valence-electron chi connectivity index (χ0n) is 8.87. The molecular weight excluding hydrogens is 316 g/mol. The Morgan fingerprint density at radius 2 is 1.67 bits per heavy atom. The van der Waals surface area contributed by atoms with E-state index >= 15 is 0 Å². The Bertz CT molecular complexity index is 588. The van der Waals surface area contributed by atoms with Crippen LogP contribution in [0.1, 0.15) is 17.4 Å². The SMILES string of the molecule is OC(c1cc(Cl)ccc1Cl)c1ncc(Cl)cc1Cl. The van der Waals surface area contributed by atoms with E-state index in [2.05, 4.69) is 4.98 Å². The number of halogens is 4. The zero-order valence-corrected chi connectivity index (χ0v) is 11.9. The molecule has 0 aliphatic heterocycles. The lowest BCUT2D eigenvalue weighted by Gasteiger charge is -2.14. The third-order valence-corrected chi connectivity index (χ3v) is 3.44. The molecular formula is C12H7Cl4NO. The van der Waals surface area contributed by atoms with E-state index in [-0.39, 0.29) is 10.7 Å². The van der Waals surface area contributed by atoms with Crippen molar-refractivity contribution in [2.45, 2.75) is 6.10 Å². The molecule has 6 heteroatoms. The van der Waals surface area contributed by atoms with Gasteiger partial charge in [-0.1, -0.05) is 46.4 Å². The van der Waals surface area contributed by atoms with Crippen molar-refractivity contribution in [2.75, 3.05) is 0 Å². The summed E-state index contributed by atoms with van der Waals surface area (Å²) in [5.41, 5.74) is 0.728. The van der Waals surface area contributed by atoms with Gasteiger partial charge in [0.1, 0.15) is 6.10 Å². The Morgan fingerprint density at radius 3 is 2.33 bits per heavy atom. The Morgan fingerprint density at radius 1 is 0.944 bits per heavy atom. The van der Waals surface area contributed by atoms with Crippen molar-refractivity contribution in [2.24, 2.45) is 0 Å². The number of aromatic nitrogens is 1. The first-order chi connectivity index (χ1) is 8.49. The molecule has 1 aromatic heterocycles. The van der Waals surface area contributed by atoms with Gasteiger partial charge in [-0.2, -0.15) is 0 Å². The molecule has 0 amide bonds. The predicted octanol–water partition coefficient (Wildman–Crippen LogP) is 4.78. The van der Waals surface area contributed by atoms with Crippen molar-refractivity contribution in [1.29, 1.82) is 0 Å². The predicted molar refractivity (Wildman–Crippen MR) is 74.8 cm³/mol. The van der Waals surface area contributed by atoms with Crippen molar-refractivity contribution in [3.8, 4) is 0 Å². The maximum Gasteiger partial charge on any atom is 0.124 e. The van der Waals surface area contributed by atoms with Gasteiger partial charge in [0.2, 0.25) is 0 Å². The summed E-state index contributed by atoms with van der Waals surface area (Å²) in [6.07, 6.45) is 0.353. The van der Waals surface area contributed by atoms with Crippen molar-refractivity contribution in [3.63, 3.8) is 0 Å². The van der Waals surface area contributed by atoms with Crippen LogP contribution in [0, 0.1) is 0 Å². The van der Waals surface area contributed by atoms with Crippen LogP contribution < -0.4 is 0 Å². The molecule has 1 aromatic carbocycles. The number of hydrogen-bond acceptors (Lipinski definition) is 2. The molecule has 2 rings (SSSR count). The van der Waals surface area contributed by atoms with E-state index in [1.165, 1.54) is 12.3 Å². The van der Waals surface area contributed by atoms with Crippen molar-refractivity contribution < 1.29 is 5.11 Å². The highest BCUT2D eigenvalue weighted by Crippen LogP contribution is 2.33. The zero-order chi connectivity index (χ0) is 13.3. The molecule has 1 atom stereocenters. The largest absolute Gasteiger partial charge is 0.382 e. The Labute approximate surface area is 124 Å². The van der Waals surface area contributed by atoms with E-state index in [1.54, 1.807) is 18.2 Å². The monoisotopic (exact) mass is 321 g/mol. The van der Waals surface area contributed by atoms with Gasteiger partial charge in [0.15, 0.2) is 0 Å². The van der Waals surface area contributed by atoms with Crippen LogP contribution in [-0.4, -0.2) is 10.1 Å². The first-order valence-corrected chi connectivity index (χ1v) is 6.44. The second-order valence-corrected chi connectivity index (χ2v) is 5.28. The fourth-order valence-electron chi connectivity index (χ4n) is 1.50. The van der Waals surface area contributed by atoms with Gasteiger partial charge >= 0.3 is 0 Å².